The minimum atomic E-state index is -0.0458. The number of carbonyl (C=O) groups is 1. The van der Waals surface area contributed by atoms with Crippen LogP contribution in [0.1, 0.15) is 25.1 Å². The summed E-state index contributed by atoms with van der Waals surface area (Å²) < 4.78 is 5.85. The molecule has 0 spiro atoms. The number of hydrogen-bond acceptors (Lipinski definition) is 3. The second kappa shape index (κ2) is 5.29. The van der Waals surface area contributed by atoms with Gasteiger partial charge in [-0.05, 0) is 32.0 Å². The zero-order valence-electron chi connectivity index (χ0n) is 11.9. The smallest absolute Gasteiger partial charge is 0.227 e. The summed E-state index contributed by atoms with van der Waals surface area (Å²) in [7, 11) is 1.86. The van der Waals surface area contributed by atoms with E-state index in [0.717, 1.165) is 36.2 Å². The third-order valence-electron chi connectivity index (χ3n) is 4.19. The Hall–Kier alpha value is -1.81. The van der Waals surface area contributed by atoms with Gasteiger partial charge in [0.1, 0.15) is 11.3 Å². The molecule has 1 aliphatic heterocycles. The molecule has 20 heavy (non-hydrogen) atoms. The fourth-order valence-corrected chi connectivity index (χ4v) is 2.74. The number of nitrogens with zero attached hydrogens (tertiary/aromatic N) is 1. The van der Waals surface area contributed by atoms with Crippen LogP contribution in [0, 0.1) is 5.92 Å². The van der Waals surface area contributed by atoms with Crippen molar-refractivity contribution in [3.63, 3.8) is 0 Å². The Morgan fingerprint density at radius 3 is 2.95 bits per heavy atom. The molecule has 1 aliphatic rings. The number of benzene rings is 1. The van der Waals surface area contributed by atoms with Gasteiger partial charge < -0.3 is 14.6 Å². The molecular formula is C16H20N2O2. The number of carbonyl (C=O) groups excluding carboxylic acids is 1. The first kappa shape index (κ1) is 13.2. The van der Waals surface area contributed by atoms with E-state index in [1.807, 2.05) is 44.3 Å². The van der Waals surface area contributed by atoms with Gasteiger partial charge in [-0.25, -0.2) is 0 Å². The van der Waals surface area contributed by atoms with Gasteiger partial charge in [-0.2, -0.15) is 0 Å². The standard InChI is InChI=1S/C16H20N2O2/c1-11(18(2)16(19)13-7-8-17-10-13)15-9-12-5-3-4-6-14(12)20-15/h3-6,9,11,13,17H,7-8,10H2,1-2H3. The Bertz CT molecular complexity index is 581. The highest BCUT2D eigenvalue weighted by Crippen LogP contribution is 2.28. The predicted octanol–water partition coefficient (Wildman–Crippen LogP) is 2.56. The van der Waals surface area contributed by atoms with Crippen LogP contribution >= 0.6 is 0 Å². The van der Waals surface area contributed by atoms with Crippen LogP contribution in [0.5, 0.6) is 0 Å². The lowest BCUT2D eigenvalue weighted by atomic mass is 10.1. The maximum Gasteiger partial charge on any atom is 0.227 e. The second-order valence-corrected chi connectivity index (χ2v) is 5.50. The normalized spacial score (nSPS) is 20.2. The summed E-state index contributed by atoms with van der Waals surface area (Å²) in [6.45, 7) is 3.73. The zero-order valence-corrected chi connectivity index (χ0v) is 11.9. The van der Waals surface area contributed by atoms with E-state index in [1.54, 1.807) is 4.90 Å². The van der Waals surface area contributed by atoms with Crippen LogP contribution in [-0.2, 0) is 4.79 Å². The maximum atomic E-state index is 12.4. The molecule has 2 unspecified atom stereocenters. The lowest BCUT2D eigenvalue weighted by Gasteiger charge is -2.25. The molecule has 2 atom stereocenters. The van der Waals surface area contributed by atoms with Gasteiger partial charge in [-0.1, -0.05) is 18.2 Å². The monoisotopic (exact) mass is 272 g/mol. The van der Waals surface area contributed by atoms with E-state index in [2.05, 4.69) is 5.32 Å². The van der Waals surface area contributed by atoms with Crippen molar-refractivity contribution in [3.05, 3.63) is 36.1 Å². The molecule has 4 heteroatoms. The van der Waals surface area contributed by atoms with Gasteiger partial charge in [-0.15, -0.1) is 0 Å². The molecule has 1 amide bonds. The summed E-state index contributed by atoms with van der Waals surface area (Å²) in [5, 5.41) is 4.32. The van der Waals surface area contributed by atoms with Crippen molar-refractivity contribution in [3.8, 4) is 0 Å². The molecule has 0 aliphatic carbocycles. The average Bonchev–Trinajstić information content (AvgIpc) is 3.13. The summed E-state index contributed by atoms with van der Waals surface area (Å²) >= 11 is 0. The zero-order chi connectivity index (χ0) is 14.1. The summed E-state index contributed by atoms with van der Waals surface area (Å²) in [6, 6.07) is 9.91. The quantitative estimate of drug-likeness (QED) is 0.934. The maximum absolute atomic E-state index is 12.4. The van der Waals surface area contributed by atoms with Gasteiger partial charge in [-0.3, -0.25) is 4.79 Å². The number of nitrogens with one attached hydrogen (secondary N) is 1. The lowest BCUT2D eigenvalue weighted by molar-refractivity contribution is -0.135. The third-order valence-corrected chi connectivity index (χ3v) is 4.19. The van der Waals surface area contributed by atoms with Gasteiger partial charge in [0.15, 0.2) is 0 Å². The van der Waals surface area contributed by atoms with E-state index in [9.17, 15) is 4.79 Å². The third kappa shape index (κ3) is 2.31. The van der Waals surface area contributed by atoms with Crippen LogP contribution < -0.4 is 5.32 Å². The van der Waals surface area contributed by atoms with Crippen molar-refractivity contribution in [1.29, 1.82) is 0 Å². The van der Waals surface area contributed by atoms with E-state index < -0.39 is 0 Å². The molecule has 2 aromatic rings. The predicted molar refractivity (Wildman–Crippen MR) is 78.4 cm³/mol. The van der Waals surface area contributed by atoms with Gasteiger partial charge in [0, 0.05) is 19.0 Å². The Kier molecular flexibility index (Phi) is 3.49. The van der Waals surface area contributed by atoms with E-state index in [-0.39, 0.29) is 17.9 Å². The van der Waals surface area contributed by atoms with E-state index in [0.29, 0.717) is 0 Å². The van der Waals surface area contributed by atoms with Crippen molar-refractivity contribution in [2.45, 2.75) is 19.4 Å². The largest absolute Gasteiger partial charge is 0.459 e. The highest BCUT2D eigenvalue weighted by Gasteiger charge is 2.29. The van der Waals surface area contributed by atoms with Crippen LogP contribution in [0.25, 0.3) is 11.0 Å². The molecule has 0 radical (unpaired) electrons. The molecule has 3 rings (SSSR count). The van der Waals surface area contributed by atoms with Crippen LogP contribution in [-0.4, -0.2) is 30.9 Å². The van der Waals surface area contributed by atoms with Crippen LogP contribution in [0.4, 0.5) is 0 Å². The Morgan fingerprint density at radius 2 is 2.25 bits per heavy atom. The molecule has 1 saturated heterocycles. The van der Waals surface area contributed by atoms with Crippen molar-refractivity contribution in [1.82, 2.24) is 10.2 Å². The fraction of sp³-hybridized carbons (Fsp3) is 0.438. The van der Waals surface area contributed by atoms with E-state index in [4.69, 9.17) is 4.42 Å². The van der Waals surface area contributed by atoms with Crippen LogP contribution in [0.2, 0.25) is 0 Å². The first-order valence-corrected chi connectivity index (χ1v) is 7.12. The Morgan fingerprint density at radius 1 is 1.45 bits per heavy atom. The summed E-state index contributed by atoms with van der Waals surface area (Å²) in [5.41, 5.74) is 0.873. The van der Waals surface area contributed by atoms with Crippen LogP contribution in [0.15, 0.2) is 34.7 Å². The molecular weight excluding hydrogens is 252 g/mol. The summed E-state index contributed by atoms with van der Waals surface area (Å²) in [5.74, 6) is 1.14. The first-order valence-electron chi connectivity index (χ1n) is 7.12. The van der Waals surface area contributed by atoms with Crippen molar-refractivity contribution in [2.75, 3.05) is 20.1 Å². The van der Waals surface area contributed by atoms with Gasteiger partial charge in [0.25, 0.3) is 0 Å². The molecule has 106 valence electrons. The Labute approximate surface area is 118 Å². The molecule has 1 fully saturated rings. The highest BCUT2D eigenvalue weighted by molar-refractivity contribution is 5.80. The molecule has 1 aromatic carbocycles. The summed E-state index contributed by atoms with van der Waals surface area (Å²) in [6.07, 6.45) is 0.927. The average molecular weight is 272 g/mol. The number of rotatable bonds is 3. The number of hydrogen-bond donors (Lipinski definition) is 1. The topological polar surface area (TPSA) is 45.5 Å². The van der Waals surface area contributed by atoms with Crippen molar-refractivity contribution in [2.24, 2.45) is 5.92 Å². The molecule has 0 bridgehead atoms. The highest BCUT2D eigenvalue weighted by atomic mass is 16.3. The molecule has 1 aromatic heterocycles. The molecule has 2 heterocycles. The summed E-state index contributed by atoms with van der Waals surface area (Å²) in [4.78, 5) is 14.2. The number of amides is 1. The minimum absolute atomic E-state index is 0.0458. The molecule has 0 saturated carbocycles. The van der Waals surface area contributed by atoms with Gasteiger partial charge >= 0.3 is 0 Å². The minimum Gasteiger partial charge on any atom is -0.459 e. The lowest BCUT2D eigenvalue weighted by Crippen LogP contribution is -2.35. The SMILES string of the molecule is CC(c1cc2ccccc2o1)N(C)C(=O)C1CCNC1. The number of para-hydroxylation sites is 1. The van der Waals surface area contributed by atoms with E-state index in [1.165, 1.54) is 0 Å². The second-order valence-electron chi connectivity index (χ2n) is 5.50. The fourth-order valence-electron chi connectivity index (χ4n) is 2.74. The van der Waals surface area contributed by atoms with E-state index >= 15 is 0 Å². The molecule has 4 nitrogen and oxygen atoms in total. The van der Waals surface area contributed by atoms with Crippen molar-refractivity contribution >= 4 is 16.9 Å². The van der Waals surface area contributed by atoms with Crippen LogP contribution in [0.3, 0.4) is 0 Å². The van der Waals surface area contributed by atoms with Gasteiger partial charge in [0.2, 0.25) is 5.91 Å². The first-order chi connectivity index (χ1) is 9.66. The Balaban J connectivity index is 1.80. The van der Waals surface area contributed by atoms with Gasteiger partial charge in [0.05, 0.1) is 12.0 Å². The number of fused-ring (bicyclic) bond motifs is 1. The molecule has 1 N–H and O–H groups in total. The number of furan rings is 1. The van der Waals surface area contributed by atoms with Crippen molar-refractivity contribution < 1.29 is 9.21 Å².